The van der Waals surface area contributed by atoms with Crippen molar-refractivity contribution >= 4 is 15.9 Å². The summed E-state index contributed by atoms with van der Waals surface area (Å²) in [7, 11) is 0. The van der Waals surface area contributed by atoms with E-state index in [0.717, 1.165) is 22.9 Å². The second kappa shape index (κ2) is 5.99. The third kappa shape index (κ3) is 3.69. The molecule has 0 amide bonds. The van der Waals surface area contributed by atoms with Crippen molar-refractivity contribution in [2.45, 2.75) is 18.9 Å². The van der Waals surface area contributed by atoms with Gasteiger partial charge in [-0.3, -0.25) is 0 Å². The molecule has 0 spiro atoms. The average Bonchev–Trinajstić information content (AvgIpc) is 2.37. The van der Waals surface area contributed by atoms with Crippen molar-refractivity contribution in [3.05, 3.63) is 70.2 Å². The molecule has 2 rings (SSSR count). The minimum absolute atomic E-state index is 0.396. The first-order valence-corrected chi connectivity index (χ1v) is 6.52. The molecule has 2 heteroatoms. The molecule has 1 atom stereocenters. The third-order valence-corrected chi connectivity index (χ3v) is 3.28. The molecule has 0 aromatic heterocycles. The van der Waals surface area contributed by atoms with Crippen molar-refractivity contribution < 1.29 is 5.11 Å². The molecule has 0 aliphatic carbocycles. The summed E-state index contributed by atoms with van der Waals surface area (Å²) in [5.74, 6) is 0. The van der Waals surface area contributed by atoms with E-state index in [1.807, 2.05) is 42.5 Å². The van der Waals surface area contributed by atoms with Crippen molar-refractivity contribution in [3.8, 4) is 0 Å². The highest BCUT2D eigenvalue weighted by Gasteiger charge is 2.07. The van der Waals surface area contributed by atoms with Gasteiger partial charge in [0.25, 0.3) is 0 Å². The lowest BCUT2D eigenvalue weighted by Crippen LogP contribution is -1.99. The van der Waals surface area contributed by atoms with E-state index in [2.05, 4.69) is 28.1 Å². The van der Waals surface area contributed by atoms with Gasteiger partial charge in [0.15, 0.2) is 0 Å². The molecule has 2 aromatic carbocycles. The van der Waals surface area contributed by atoms with Crippen LogP contribution in [0.2, 0.25) is 0 Å². The Morgan fingerprint density at radius 2 is 1.76 bits per heavy atom. The van der Waals surface area contributed by atoms with Gasteiger partial charge in [-0.15, -0.1) is 0 Å². The first-order chi connectivity index (χ1) is 8.25. The van der Waals surface area contributed by atoms with Crippen LogP contribution in [-0.2, 0) is 6.42 Å². The van der Waals surface area contributed by atoms with E-state index in [-0.39, 0.29) is 0 Å². The van der Waals surface area contributed by atoms with E-state index < -0.39 is 6.10 Å². The average molecular weight is 291 g/mol. The van der Waals surface area contributed by atoms with E-state index in [4.69, 9.17) is 0 Å². The fourth-order valence-corrected chi connectivity index (χ4v) is 2.25. The molecule has 1 nitrogen and oxygen atoms in total. The number of aliphatic hydroxyl groups excluding tert-OH is 1. The Bertz CT molecular complexity index is 467. The fraction of sp³-hybridized carbons (Fsp3) is 0.200. The molecule has 0 fully saturated rings. The maximum atomic E-state index is 10.1. The third-order valence-electron chi connectivity index (χ3n) is 2.78. The number of halogens is 1. The summed E-state index contributed by atoms with van der Waals surface area (Å²) < 4.78 is 1.01. The smallest absolute Gasteiger partial charge is 0.0793 e. The quantitative estimate of drug-likeness (QED) is 0.898. The maximum Gasteiger partial charge on any atom is 0.0793 e. The summed E-state index contributed by atoms with van der Waals surface area (Å²) in [5, 5.41) is 10.1. The van der Waals surface area contributed by atoms with Crippen molar-refractivity contribution in [2.24, 2.45) is 0 Å². The zero-order chi connectivity index (χ0) is 12.1. The highest BCUT2D eigenvalue weighted by molar-refractivity contribution is 9.10. The molecule has 88 valence electrons. The Labute approximate surface area is 110 Å². The van der Waals surface area contributed by atoms with Gasteiger partial charge in [0.05, 0.1) is 6.10 Å². The maximum absolute atomic E-state index is 10.1. The standard InChI is InChI=1S/C15H15BrO/c16-14-8-4-7-13(11-14)15(17)10-9-12-5-2-1-3-6-12/h1-8,11,15,17H,9-10H2. The molecule has 0 saturated heterocycles. The van der Waals surface area contributed by atoms with Gasteiger partial charge in [0, 0.05) is 4.47 Å². The second-order valence-electron chi connectivity index (χ2n) is 4.10. The van der Waals surface area contributed by atoms with Crippen LogP contribution in [0.4, 0.5) is 0 Å². The number of rotatable bonds is 4. The summed E-state index contributed by atoms with van der Waals surface area (Å²) in [5.41, 5.74) is 2.23. The summed E-state index contributed by atoms with van der Waals surface area (Å²) in [6.45, 7) is 0. The minimum Gasteiger partial charge on any atom is -0.388 e. The Morgan fingerprint density at radius 3 is 2.47 bits per heavy atom. The molecule has 0 aliphatic rings. The van der Waals surface area contributed by atoms with Gasteiger partial charge in [0.1, 0.15) is 0 Å². The van der Waals surface area contributed by atoms with Crippen LogP contribution in [0.1, 0.15) is 23.7 Å². The minimum atomic E-state index is -0.396. The summed E-state index contributed by atoms with van der Waals surface area (Å²) in [6.07, 6.45) is 1.25. The van der Waals surface area contributed by atoms with Crippen LogP contribution in [0.25, 0.3) is 0 Å². The molecule has 0 bridgehead atoms. The van der Waals surface area contributed by atoms with E-state index in [1.54, 1.807) is 0 Å². The van der Waals surface area contributed by atoms with Crippen LogP contribution in [0.15, 0.2) is 59.1 Å². The number of benzene rings is 2. The SMILES string of the molecule is OC(CCc1ccccc1)c1cccc(Br)c1. The number of hydrogen-bond acceptors (Lipinski definition) is 1. The van der Waals surface area contributed by atoms with Gasteiger partial charge in [-0.2, -0.15) is 0 Å². The van der Waals surface area contributed by atoms with Crippen LogP contribution in [0, 0.1) is 0 Å². The highest BCUT2D eigenvalue weighted by Crippen LogP contribution is 2.22. The molecule has 0 aliphatic heterocycles. The van der Waals surface area contributed by atoms with Gasteiger partial charge in [0.2, 0.25) is 0 Å². The number of aryl methyl sites for hydroxylation is 1. The molecular weight excluding hydrogens is 276 g/mol. The number of aliphatic hydroxyl groups is 1. The van der Waals surface area contributed by atoms with Crippen LogP contribution < -0.4 is 0 Å². The highest BCUT2D eigenvalue weighted by atomic mass is 79.9. The largest absolute Gasteiger partial charge is 0.388 e. The monoisotopic (exact) mass is 290 g/mol. The van der Waals surface area contributed by atoms with Crippen LogP contribution in [-0.4, -0.2) is 5.11 Å². The first-order valence-electron chi connectivity index (χ1n) is 5.73. The Kier molecular flexibility index (Phi) is 4.35. The van der Waals surface area contributed by atoms with Crippen molar-refractivity contribution in [1.82, 2.24) is 0 Å². The normalized spacial score (nSPS) is 12.4. The molecule has 0 radical (unpaired) electrons. The van der Waals surface area contributed by atoms with Gasteiger partial charge >= 0.3 is 0 Å². The van der Waals surface area contributed by atoms with Crippen LogP contribution in [0.3, 0.4) is 0 Å². The van der Waals surface area contributed by atoms with Crippen molar-refractivity contribution in [1.29, 1.82) is 0 Å². The zero-order valence-corrected chi connectivity index (χ0v) is 11.1. The van der Waals surface area contributed by atoms with E-state index in [9.17, 15) is 5.11 Å². The molecular formula is C15H15BrO. The zero-order valence-electron chi connectivity index (χ0n) is 9.51. The molecule has 0 heterocycles. The lowest BCUT2D eigenvalue weighted by molar-refractivity contribution is 0.168. The molecule has 0 saturated carbocycles. The van der Waals surface area contributed by atoms with Crippen LogP contribution in [0.5, 0.6) is 0 Å². The van der Waals surface area contributed by atoms with E-state index in [1.165, 1.54) is 5.56 Å². The summed E-state index contributed by atoms with van der Waals surface area (Å²) in [6, 6.07) is 18.1. The molecule has 1 unspecified atom stereocenters. The molecule has 1 N–H and O–H groups in total. The Balaban J connectivity index is 1.96. The van der Waals surface area contributed by atoms with Gasteiger partial charge in [-0.1, -0.05) is 58.4 Å². The lowest BCUT2D eigenvalue weighted by Gasteiger charge is -2.11. The molecule has 17 heavy (non-hydrogen) atoms. The predicted octanol–water partition coefficient (Wildman–Crippen LogP) is 4.12. The van der Waals surface area contributed by atoms with E-state index >= 15 is 0 Å². The summed E-state index contributed by atoms with van der Waals surface area (Å²) >= 11 is 3.42. The fourth-order valence-electron chi connectivity index (χ4n) is 1.83. The predicted molar refractivity (Wildman–Crippen MR) is 73.9 cm³/mol. The van der Waals surface area contributed by atoms with Crippen molar-refractivity contribution in [3.63, 3.8) is 0 Å². The second-order valence-corrected chi connectivity index (χ2v) is 5.01. The Morgan fingerprint density at radius 1 is 1.00 bits per heavy atom. The topological polar surface area (TPSA) is 20.2 Å². The van der Waals surface area contributed by atoms with Gasteiger partial charge < -0.3 is 5.11 Å². The molecule has 2 aromatic rings. The van der Waals surface area contributed by atoms with E-state index in [0.29, 0.717) is 0 Å². The van der Waals surface area contributed by atoms with Crippen molar-refractivity contribution in [2.75, 3.05) is 0 Å². The Hall–Kier alpha value is -1.12. The lowest BCUT2D eigenvalue weighted by atomic mass is 10.0. The first kappa shape index (κ1) is 12.3. The van der Waals surface area contributed by atoms with Gasteiger partial charge in [-0.25, -0.2) is 0 Å². The van der Waals surface area contributed by atoms with Gasteiger partial charge in [-0.05, 0) is 36.1 Å². The van der Waals surface area contributed by atoms with Crippen LogP contribution >= 0.6 is 15.9 Å². The number of hydrogen-bond donors (Lipinski definition) is 1. The summed E-state index contributed by atoms with van der Waals surface area (Å²) in [4.78, 5) is 0.